The number of aromatic nitrogens is 2. The van der Waals surface area contributed by atoms with Gasteiger partial charge in [-0.05, 0) is 71.9 Å². The van der Waals surface area contributed by atoms with Gasteiger partial charge in [0.2, 0.25) is 5.78 Å². The number of halogens is 1. The van der Waals surface area contributed by atoms with Crippen LogP contribution in [0.1, 0.15) is 50.0 Å². The molecule has 0 saturated heterocycles. The smallest absolute Gasteiger partial charge is 0.294 e. The number of hydrogen-bond acceptors (Lipinski definition) is 6. The molecule has 0 radical (unpaired) electrons. The predicted molar refractivity (Wildman–Crippen MR) is 174 cm³/mol. The van der Waals surface area contributed by atoms with Crippen LogP contribution >= 0.6 is 0 Å². The molecule has 1 aliphatic rings. The van der Waals surface area contributed by atoms with Crippen molar-refractivity contribution in [1.29, 1.82) is 0 Å². The number of amides is 2. The summed E-state index contributed by atoms with van der Waals surface area (Å²) in [4.78, 5) is 52.2. The molecule has 0 saturated carbocycles. The van der Waals surface area contributed by atoms with E-state index in [2.05, 4.69) is 36.5 Å². The molecule has 3 aromatic rings. The summed E-state index contributed by atoms with van der Waals surface area (Å²) in [5.74, 6) is -2.36. The number of Topliss-reactive ketones (excluding diaryl/α,β-unsaturated/α-hetero) is 1. The van der Waals surface area contributed by atoms with Gasteiger partial charge in [0.1, 0.15) is 11.5 Å². The highest BCUT2D eigenvalue weighted by molar-refractivity contribution is 6.43. The number of likely N-dealkylation sites (N-methyl/N-ethyl adjacent to an activating group) is 1. The van der Waals surface area contributed by atoms with E-state index < -0.39 is 29.0 Å². The first-order valence-corrected chi connectivity index (χ1v) is 14.6. The molecule has 1 unspecified atom stereocenters. The lowest BCUT2D eigenvalue weighted by Crippen LogP contribution is -2.30. The van der Waals surface area contributed by atoms with Crippen LogP contribution in [0, 0.1) is 11.7 Å². The molecule has 9 nitrogen and oxygen atoms in total. The third-order valence-electron chi connectivity index (χ3n) is 7.34. The molecule has 1 heterocycles. The van der Waals surface area contributed by atoms with Crippen molar-refractivity contribution >= 4 is 29.0 Å². The second-order valence-corrected chi connectivity index (χ2v) is 12.3. The fourth-order valence-electron chi connectivity index (χ4n) is 4.65. The maximum atomic E-state index is 14.8. The van der Waals surface area contributed by atoms with Crippen LogP contribution in [-0.4, -0.2) is 46.4 Å². The second kappa shape index (κ2) is 13.3. The zero-order valence-electron chi connectivity index (χ0n) is 26.6. The molecule has 1 aromatic heterocycles. The Labute approximate surface area is 262 Å². The van der Waals surface area contributed by atoms with Gasteiger partial charge in [0, 0.05) is 43.5 Å². The van der Waals surface area contributed by atoms with Crippen LogP contribution in [-0.2, 0) is 22.1 Å². The molecule has 0 bridgehead atoms. The van der Waals surface area contributed by atoms with Gasteiger partial charge >= 0.3 is 0 Å². The third-order valence-corrected chi connectivity index (χ3v) is 7.34. The number of ketones is 1. The summed E-state index contributed by atoms with van der Waals surface area (Å²) in [6.45, 7) is 8.16. The van der Waals surface area contributed by atoms with Crippen LogP contribution < -0.4 is 16.2 Å². The van der Waals surface area contributed by atoms with E-state index in [9.17, 15) is 23.6 Å². The van der Waals surface area contributed by atoms with Gasteiger partial charge in [0.05, 0.1) is 11.4 Å². The van der Waals surface area contributed by atoms with Crippen LogP contribution in [0.15, 0.2) is 88.9 Å². The van der Waals surface area contributed by atoms with Crippen molar-refractivity contribution in [3.63, 3.8) is 0 Å². The molecule has 45 heavy (non-hydrogen) atoms. The van der Waals surface area contributed by atoms with Gasteiger partial charge in [0.15, 0.2) is 0 Å². The monoisotopic (exact) mass is 611 g/mol. The van der Waals surface area contributed by atoms with E-state index in [1.807, 2.05) is 25.1 Å². The van der Waals surface area contributed by atoms with E-state index in [1.165, 1.54) is 44.2 Å². The topological polar surface area (TPSA) is 113 Å². The zero-order chi connectivity index (χ0) is 33.1. The Morgan fingerprint density at radius 1 is 1.00 bits per heavy atom. The molecule has 0 aliphatic heterocycles. The highest BCUT2D eigenvalue weighted by Crippen LogP contribution is 2.27. The van der Waals surface area contributed by atoms with Crippen LogP contribution in [0.4, 0.5) is 15.8 Å². The highest BCUT2D eigenvalue weighted by Gasteiger charge is 2.21. The Morgan fingerprint density at radius 3 is 2.33 bits per heavy atom. The number of carbonyl (C=O) groups is 3. The Hall–Kier alpha value is -5.12. The number of allylic oxidation sites excluding steroid dienone is 4. The second-order valence-electron chi connectivity index (χ2n) is 12.3. The number of carbonyl (C=O) groups excluding carboxylic acids is 3. The van der Waals surface area contributed by atoms with E-state index in [0.29, 0.717) is 28.9 Å². The van der Waals surface area contributed by atoms with Gasteiger partial charge in [0.25, 0.3) is 17.4 Å². The highest BCUT2D eigenvalue weighted by atomic mass is 19.1. The summed E-state index contributed by atoms with van der Waals surface area (Å²) in [5.41, 5.74) is 2.80. The van der Waals surface area contributed by atoms with E-state index >= 15 is 0 Å². The lowest BCUT2D eigenvalue weighted by molar-refractivity contribution is -0.140. The molecular weight excluding hydrogens is 573 g/mol. The number of rotatable bonds is 7. The van der Waals surface area contributed by atoms with Crippen molar-refractivity contribution in [2.45, 2.75) is 39.5 Å². The molecule has 2 amide bonds. The van der Waals surface area contributed by atoms with Crippen molar-refractivity contribution in [1.82, 2.24) is 14.7 Å². The van der Waals surface area contributed by atoms with Gasteiger partial charge in [-0.2, -0.15) is 5.10 Å². The molecule has 1 atom stereocenters. The van der Waals surface area contributed by atoms with Crippen molar-refractivity contribution in [3.05, 3.63) is 111 Å². The van der Waals surface area contributed by atoms with E-state index in [0.717, 1.165) is 10.2 Å². The molecular formula is C35H38FN5O4. The number of nitrogens with zero attached hydrogens (tertiary/aromatic N) is 3. The number of aryl methyl sites for hydroxylation is 1. The molecule has 2 aromatic carbocycles. The molecule has 0 fully saturated rings. The van der Waals surface area contributed by atoms with Gasteiger partial charge < -0.3 is 15.5 Å². The van der Waals surface area contributed by atoms with Crippen LogP contribution in [0.5, 0.6) is 0 Å². The molecule has 1 aliphatic carbocycles. The Bertz CT molecular complexity index is 1790. The normalized spacial score (nSPS) is 14.9. The fourth-order valence-corrected chi connectivity index (χ4v) is 4.65. The first kappa shape index (κ1) is 32.8. The minimum Gasteiger partial charge on any atom is -0.351 e. The average Bonchev–Trinajstić information content (AvgIpc) is 2.98. The zero-order valence-corrected chi connectivity index (χ0v) is 26.6. The first-order chi connectivity index (χ1) is 21.1. The van der Waals surface area contributed by atoms with Crippen molar-refractivity contribution in [2.24, 2.45) is 13.0 Å². The minimum absolute atomic E-state index is 0.0292. The maximum Gasteiger partial charge on any atom is 0.294 e. The van der Waals surface area contributed by atoms with E-state index in [4.69, 9.17) is 0 Å². The first-order valence-electron chi connectivity index (χ1n) is 14.6. The largest absolute Gasteiger partial charge is 0.351 e. The summed E-state index contributed by atoms with van der Waals surface area (Å²) >= 11 is 0. The molecule has 2 N–H and O–H groups in total. The lowest BCUT2D eigenvalue weighted by atomic mass is 9.87. The van der Waals surface area contributed by atoms with Gasteiger partial charge in [-0.15, -0.1) is 0 Å². The molecule has 234 valence electrons. The fraction of sp³-hybridized carbons (Fsp3) is 0.286. The average molecular weight is 612 g/mol. The van der Waals surface area contributed by atoms with Gasteiger partial charge in [-0.3, -0.25) is 19.2 Å². The summed E-state index contributed by atoms with van der Waals surface area (Å²) in [7, 11) is 4.54. The molecule has 0 spiro atoms. The quantitative estimate of drug-likeness (QED) is 0.336. The Balaban J connectivity index is 1.60. The standard InChI is InChI=1S/C35H38FN5O4/c1-21-8-15-26(16-11-24(18-21)31(42)34(45)40(5)6)37-30-20-28(39-41(7)33(30)44)23-12-17-27(36)29(19-23)38-32(43)22-9-13-25(14-10-22)35(2,3)4/h9-21,37H,8H2,1-7H3,(H,38,43). The minimum atomic E-state index is -0.627. The number of nitrogens with one attached hydrogen (secondary N) is 2. The van der Waals surface area contributed by atoms with Crippen molar-refractivity contribution in [3.8, 4) is 11.3 Å². The summed E-state index contributed by atoms with van der Waals surface area (Å²) in [5, 5.41) is 10.1. The third kappa shape index (κ3) is 7.89. The molecule has 10 heteroatoms. The van der Waals surface area contributed by atoms with Gasteiger partial charge in [-0.25, -0.2) is 9.07 Å². The van der Waals surface area contributed by atoms with Crippen LogP contribution in [0.2, 0.25) is 0 Å². The number of hydrogen-bond donors (Lipinski definition) is 2. The summed E-state index contributed by atoms with van der Waals surface area (Å²) < 4.78 is 16.0. The summed E-state index contributed by atoms with van der Waals surface area (Å²) in [6.07, 6.45) is 7.39. The van der Waals surface area contributed by atoms with Gasteiger partial charge in [-0.1, -0.05) is 52.0 Å². The van der Waals surface area contributed by atoms with E-state index in [-0.39, 0.29) is 28.3 Å². The Kier molecular flexibility index (Phi) is 9.66. The maximum absolute atomic E-state index is 14.8. The van der Waals surface area contributed by atoms with E-state index in [1.54, 1.807) is 36.4 Å². The molecule has 4 rings (SSSR count). The predicted octanol–water partition coefficient (Wildman–Crippen LogP) is 5.61. The SMILES string of the molecule is CC1C=C(C(=O)C(=O)N(C)C)C=CC(Nc2cc(-c3ccc(F)c(NC(=O)c4ccc(C(C)(C)C)cc4)c3)nn(C)c2=O)=CC1. The number of benzene rings is 2. The van der Waals surface area contributed by atoms with Crippen molar-refractivity contribution in [2.75, 3.05) is 24.7 Å². The lowest BCUT2D eigenvalue weighted by Gasteiger charge is -2.19. The van der Waals surface area contributed by atoms with Crippen LogP contribution in [0.25, 0.3) is 11.3 Å². The van der Waals surface area contributed by atoms with Crippen LogP contribution in [0.3, 0.4) is 0 Å². The summed E-state index contributed by atoms with van der Waals surface area (Å²) in [6, 6.07) is 12.9. The number of anilines is 2. The Morgan fingerprint density at radius 2 is 1.69 bits per heavy atom. The van der Waals surface area contributed by atoms with Crippen molar-refractivity contribution < 1.29 is 18.8 Å².